The third kappa shape index (κ3) is 4.74. The highest BCUT2D eigenvalue weighted by Crippen LogP contribution is 2.32. The zero-order chi connectivity index (χ0) is 17.6. The Morgan fingerprint density at radius 2 is 2.04 bits per heavy atom. The van der Waals surface area contributed by atoms with E-state index in [1.165, 1.54) is 11.8 Å². The van der Waals surface area contributed by atoms with Crippen LogP contribution in [0.1, 0.15) is 18.9 Å². The van der Waals surface area contributed by atoms with E-state index in [4.69, 9.17) is 4.74 Å². The van der Waals surface area contributed by atoms with Crippen molar-refractivity contribution in [2.75, 3.05) is 6.61 Å². The summed E-state index contributed by atoms with van der Waals surface area (Å²) in [6.45, 7) is 2.70. The standard InChI is InChI=1S/C19H17BrN2O2S/c1-2-10-24-16-9-8-14(20)11-13(16)12-17-18(23)22-19(25-17)21-15-6-4-3-5-7-15/h3-9,11-12H,2,10H2,1H3,(H,21,22,23)/b17-12-. The fourth-order valence-electron chi connectivity index (χ4n) is 2.22. The SMILES string of the molecule is CCCOc1ccc(Br)cc1/C=C1\SC(=Nc2ccccc2)NC1=O. The van der Waals surface area contributed by atoms with Crippen LogP contribution in [-0.4, -0.2) is 17.7 Å². The van der Waals surface area contributed by atoms with Crippen LogP contribution in [0.15, 0.2) is 62.9 Å². The van der Waals surface area contributed by atoms with Gasteiger partial charge in [-0.1, -0.05) is 41.1 Å². The van der Waals surface area contributed by atoms with E-state index < -0.39 is 0 Å². The molecule has 3 rings (SSSR count). The lowest BCUT2D eigenvalue weighted by molar-refractivity contribution is -0.115. The first-order valence-electron chi connectivity index (χ1n) is 7.92. The van der Waals surface area contributed by atoms with Gasteiger partial charge >= 0.3 is 0 Å². The number of carbonyl (C=O) groups is 1. The van der Waals surface area contributed by atoms with Gasteiger partial charge in [-0.15, -0.1) is 0 Å². The van der Waals surface area contributed by atoms with Crippen LogP contribution in [0, 0.1) is 0 Å². The average molecular weight is 417 g/mol. The van der Waals surface area contributed by atoms with Crippen LogP contribution in [0.25, 0.3) is 6.08 Å². The van der Waals surface area contributed by atoms with Gasteiger partial charge in [0.15, 0.2) is 5.17 Å². The molecule has 0 aromatic heterocycles. The molecule has 1 saturated heterocycles. The first-order chi connectivity index (χ1) is 12.2. The Labute approximate surface area is 159 Å². The van der Waals surface area contributed by atoms with Gasteiger partial charge in [-0.05, 0) is 54.6 Å². The number of nitrogens with zero attached hydrogens (tertiary/aromatic N) is 1. The minimum Gasteiger partial charge on any atom is -0.493 e. The highest BCUT2D eigenvalue weighted by Gasteiger charge is 2.24. The maximum atomic E-state index is 12.3. The Morgan fingerprint density at radius 3 is 2.80 bits per heavy atom. The fraction of sp³-hybridized carbons (Fsp3) is 0.158. The number of rotatable bonds is 5. The van der Waals surface area contributed by atoms with Gasteiger partial charge in [0.25, 0.3) is 5.91 Å². The van der Waals surface area contributed by atoms with Crippen LogP contribution in [0.3, 0.4) is 0 Å². The predicted octanol–water partition coefficient (Wildman–Crippen LogP) is 5.13. The molecule has 1 N–H and O–H groups in total. The second-order valence-electron chi connectivity index (χ2n) is 5.35. The first-order valence-corrected chi connectivity index (χ1v) is 9.53. The minimum absolute atomic E-state index is 0.152. The molecule has 0 saturated carbocycles. The Kier molecular flexibility index (Phi) is 5.94. The molecular weight excluding hydrogens is 400 g/mol. The van der Waals surface area contributed by atoms with E-state index in [-0.39, 0.29) is 5.91 Å². The van der Waals surface area contributed by atoms with Crippen molar-refractivity contribution in [1.29, 1.82) is 0 Å². The van der Waals surface area contributed by atoms with Crippen molar-refractivity contribution in [3.8, 4) is 5.75 Å². The lowest BCUT2D eigenvalue weighted by atomic mass is 10.2. The molecule has 128 valence electrons. The lowest BCUT2D eigenvalue weighted by Gasteiger charge is -2.09. The molecule has 0 bridgehead atoms. The van der Waals surface area contributed by atoms with Gasteiger partial charge in [0.05, 0.1) is 17.2 Å². The molecule has 0 atom stereocenters. The molecule has 0 aliphatic carbocycles. The number of benzene rings is 2. The number of thioether (sulfide) groups is 1. The summed E-state index contributed by atoms with van der Waals surface area (Å²) < 4.78 is 6.71. The lowest BCUT2D eigenvalue weighted by Crippen LogP contribution is -2.19. The highest BCUT2D eigenvalue weighted by atomic mass is 79.9. The summed E-state index contributed by atoms with van der Waals surface area (Å²) in [7, 11) is 0. The fourth-order valence-corrected chi connectivity index (χ4v) is 3.43. The number of hydrogen-bond donors (Lipinski definition) is 1. The van der Waals surface area contributed by atoms with Crippen molar-refractivity contribution in [2.24, 2.45) is 4.99 Å². The summed E-state index contributed by atoms with van der Waals surface area (Å²) in [6, 6.07) is 15.3. The van der Waals surface area contributed by atoms with Crippen LogP contribution in [0.2, 0.25) is 0 Å². The maximum absolute atomic E-state index is 12.3. The number of para-hydroxylation sites is 1. The summed E-state index contributed by atoms with van der Waals surface area (Å²) in [6.07, 6.45) is 2.76. The molecule has 4 nitrogen and oxygen atoms in total. The molecule has 1 fully saturated rings. The number of aliphatic imine (C=N–C) groups is 1. The quantitative estimate of drug-likeness (QED) is 0.687. The van der Waals surface area contributed by atoms with Gasteiger partial charge < -0.3 is 10.1 Å². The van der Waals surface area contributed by atoms with Gasteiger partial charge in [0, 0.05) is 10.0 Å². The number of nitrogens with one attached hydrogen (secondary N) is 1. The van der Waals surface area contributed by atoms with Crippen LogP contribution in [0.4, 0.5) is 5.69 Å². The van der Waals surface area contributed by atoms with Crippen molar-refractivity contribution in [1.82, 2.24) is 5.32 Å². The van der Waals surface area contributed by atoms with Crippen molar-refractivity contribution in [3.63, 3.8) is 0 Å². The Bertz CT molecular complexity index is 835. The first kappa shape index (κ1) is 17.8. The summed E-state index contributed by atoms with van der Waals surface area (Å²) in [5.74, 6) is 0.612. The van der Waals surface area contributed by atoms with Crippen LogP contribution >= 0.6 is 27.7 Å². The number of hydrogen-bond acceptors (Lipinski definition) is 4. The van der Waals surface area contributed by atoms with Gasteiger partial charge in [-0.2, -0.15) is 0 Å². The van der Waals surface area contributed by atoms with E-state index in [2.05, 4.69) is 33.2 Å². The van der Waals surface area contributed by atoms with Crippen molar-refractivity contribution in [3.05, 3.63) is 63.5 Å². The van der Waals surface area contributed by atoms with Crippen LogP contribution in [-0.2, 0) is 4.79 Å². The van der Waals surface area contributed by atoms with E-state index in [1.54, 1.807) is 0 Å². The van der Waals surface area contributed by atoms with Gasteiger partial charge in [-0.25, -0.2) is 4.99 Å². The molecule has 1 aliphatic rings. The summed E-state index contributed by atoms with van der Waals surface area (Å²) >= 11 is 4.80. The highest BCUT2D eigenvalue weighted by molar-refractivity contribution is 9.10. The summed E-state index contributed by atoms with van der Waals surface area (Å²) in [4.78, 5) is 17.3. The molecule has 1 amide bonds. The molecule has 25 heavy (non-hydrogen) atoms. The maximum Gasteiger partial charge on any atom is 0.264 e. The number of amides is 1. The minimum atomic E-state index is -0.152. The molecule has 0 unspecified atom stereocenters. The molecule has 1 heterocycles. The number of carbonyl (C=O) groups excluding carboxylic acids is 1. The van der Waals surface area contributed by atoms with Crippen molar-refractivity contribution >= 4 is 50.5 Å². The van der Waals surface area contributed by atoms with Gasteiger partial charge in [0.1, 0.15) is 5.75 Å². The van der Waals surface area contributed by atoms with Gasteiger partial charge in [-0.3, -0.25) is 4.79 Å². The monoisotopic (exact) mass is 416 g/mol. The third-order valence-corrected chi connectivity index (χ3v) is 4.76. The average Bonchev–Trinajstić information content (AvgIpc) is 2.94. The van der Waals surface area contributed by atoms with E-state index in [0.29, 0.717) is 16.7 Å². The molecule has 2 aromatic carbocycles. The second kappa shape index (κ2) is 8.36. The second-order valence-corrected chi connectivity index (χ2v) is 7.29. The Balaban J connectivity index is 1.86. The third-order valence-electron chi connectivity index (χ3n) is 3.36. The Hall–Kier alpha value is -2.05. The van der Waals surface area contributed by atoms with E-state index in [9.17, 15) is 4.79 Å². The zero-order valence-electron chi connectivity index (χ0n) is 13.7. The molecule has 2 aromatic rings. The molecule has 1 aliphatic heterocycles. The largest absolute Gasteiger partial charge is 0.493 e. The van der Waals surface area contributed by atoms with E-state index in [1.807, 2.05) is 54.6 Å². The molecule has 0 radical (unpaired) electrons. The molecule has 6 heteroatoms. The summed E-state index contributed by atoms with van der Waals surface area (Å²) in [5, 5.41) is 3.38. The van der Waals surface area contributed by atoms with Gasteiger partial charge in [0.2, 0.25) is 0 Å². The van der Waals surface area contributed by atoms with Crippen molar-refractivity contribution < 1.29 is 9.53 Å². The van der Waals surface area contributed by atoms with E-state index in [0.717, 1.165) is 27.9 Å². The molecular formula is C19H17BrN2O2S. The van der Waals surface area contributed by atoms with Crippen molar-refractivity contribution in [2.45, 2.75) is 13.3 Å². The van der Waals surface area contributed by atoms with Crippen LogP contribution < -0.4 is 10.1 Å². The van der Waals surface area contributed by atoms with Crippen LogP contribution in [0.5, 0.6) is 5.75 Å². The smallest absolute Gasteiger partial charge is 0.264 e. The number of amidine groups is 1. The zero-order valence-corrected chi connectivity index (χ0v) is 16.1. The predicted molar refractivity (Wildman–Crippen MR) is 107 cm³/mol. The Morgan fingerprint density at radius 1 is 1.24 bits per heavy atom. The molecule has 0 spiro atoms. The number of ether oxygens (including phenoxy) is 1. The normalized spacial score (nSPS) is 17.1. The van der Waals surface area contributed by atoms with E-state index >= 15 is 0 Å². The summed E-state index contributed by atoms with van der Waals surface area (Å²) in [5.41, 5.74) is 1.67. The topological polar surface area (TPSA) is 50.7 Å². The number of halogens is 1.